The van der Waals surface area contributed by atoms with Crippen molar-refractivity contribution in [1.82, 2.24) is 4.90 Å². The van der Waals surface area contributed by atoms with Crippen LogP contribution in [-0.2, 0) is 11.3 Å². The standard InChI is InChI=1S/C15H21NO2/c1-3-16(15(17)13-5-4-6-13)11-12-7-9-14(18-2)10-8-12/h7-10,13H,3-6,11H2,1-2H3. The summed E-state index contributed by atoms with van der Waals surface area (Å²) in [4.78, 5) is 14.1. The number of amides is 1. The van der Waals surface area contributed by atoms with Gasteiger partial charge in [0.15, 0.2) is 0 Å². The van der Waals surface area contributed by atoms with Gasteiger partial charge in [0.2, 0.25) is 5.91 Å². The molecule has 2 rings (SSSR count). The largest absolute Gasteiger partial charge is 0.497 e. The predicted octanol–water partition coefficient (Wildman–Crippen LogP) is 2.84. The molecule has 0 N–H and O–H groups in total. The average molecular weight is 247 g/mol. The molecule has 98 valence electrons. The number of rotatable bonds is 5. The van der Waals surface area contributed by atoms with Crippen LogP contribution in [0.25, 0.3) is 0 Å². The van der Waals surface area contributed by atoms with E-state index in [0.717, 1.165) is 30.7 Å². The zero-order chi connectivity index (χ0) is 13.0. The van der Waals surface area contributed by atoms with E-state index in [0.29, 0.717) is 12.5 Å². The van der Waals surface area contributed by atoms with E-state index < -0.39 is 0 Å². The van der Waals surface area contributed by atoms with Crippen LogP contribution in [0.5, 0.6) is 5.75 Å². The first-order valence-electron chi connectivity index (χ1n) is 6.66. The minimum Gasteiger partial charge on any atom is -0.497 e. The molecule has 1 saturated carbocycles. The van der Waals surface area contributed by atoms with Crippen molar-refractivity contribution in [2.45, 2.75) is 32.7 Å². The molecule has 1 aromatic rings. The number of ether oxygens (including phenoxy) is 1. The molecule has 3 heteroatoms. The van der Waals surface area contributed by atoms with Gasteiger partial charge in [-0.25, -0.2) is 0 Å². The molecule has 1 aliphatic carbocycles. The number of hydrogen-bond donors (Lipinski definition) is 0. The molecular weight excluding hydrogens is 226 g/mol. The lowest BCUT2D eigenvalue weighted by Crippen LogP contribution is -2.38. The smallest absolute Gasteiger partial charge is 0.225 e. The van der Waals surface area contributed by atoms with Crippen molar-refractivity contribution in [3.8, 4) is 5.75 Å². The quantitative estimate of drug-likeness (QED) is 0.800. The summed E-state index contributed by atoms with van der Waals surface area (Å²) in [6, 6.07) is 7.93. The van der Waals surface area contributed by atoms with Gasteiger partial charge < -0.3 is 9.64 Å². The molecule has 0 unspecified atom stereocenters. The third-order valence-corrected chi connectivity index (χ3v) is 3.68. The first-order chi connectivity index (χ1) is 8.74. The van der Waals surface area contributed by atoms with Crippen LogP contribution >= 0.6 is 0 Å². The minimum absolute atomic E-state index is 0.281. The van der Waals surface area contributed by atoms with Crippen molar-refractivity contribution in [3.63, 3.8) is 0 Å². The zero-order valence-corrected chi connectivity index (χ0v) is 11.2. The number of methoxy groups -OCH3 is 1. The minimum atomic E-state index is 0.281. The van der Waals surface area contributed by atoms with E-state index >= 15 is 0 Å². The van der Waals surface area contributed by atoms with Gasteiger partial charge in [-0.15, -0.1) is 0 Å². The summed E-state index contributed by atoms with van der Waals surface area (Å²) in [7, 11) is 1.66. The van der Waals surface area contributed by atoms with Gasteiger partial charge in [-0.05, 0) is 37.5 Å². The highest BCUT2D eigenvalue weighted by molar-refractivity contribution is 5.79. The van der Waals surface area contributed by atoms with Crippen molar-refractivity contribution >= 4 is 5.91 Å². The second-order valence-corrected chi connectivity index (χ2v) is 4.83. The Morgan fingerprint density at radius 1 is 1.33 bits per heavy atom. The molecule has 0 heterocycles. The van der Waals surface area contributed by atoms with E-state index in [1.54, 1.807) is 7.11 Å². The summed E-state index contributed by atoms with van der Waals surface area (Å²) in [6.07, 6.45) is 3.34. The predicted molar refractivity (Wildman–Crippen MR) is 71.4 cm³/mol. The Kier molecular flexibility index (Phi) is 4.24. The first-order valence-corrected chi connectivity index (χ1v) is 6.66. The molecule has 0 bridgehead atoms. The number of benzene rings is 1. The second-order valence-electron chi connectivity index (χ2n) is 4.83. The van der Waals surface area contributed by atoms with Gasteiger partial charge >= 0.3 is 0 Å². The Bertz CT molecular complexity index is 395. The molecule has 0 saturated heterocycles. The maximum atomic E-state index is 12.2. The summed E-state index contributed by atoms with van der Waals surface area (Å²) in [5.41, 5.74) is 1.16. The first kappa shape index (κ1) is 12.9. The third kappa shape index (κ3) is 2.84. The summed E-state index contributed by atoms with van der Waals surface area (Å²) in [5, 5.41) is 0. The number of hydrogen-bond acceptors (Lipinski definition) is 2. The Balaban J connectivity index is 1.97. The fourth-order valence-corrected chi connectivity index (χ4v) is 2.21. The van der Waals surface area contributed by atoms with Crippen molar-refractivity contribution in [2.75, 3.05) is 13.7 Å². The van der Waals surface area contributed by atoms with Crippen molar-refractivity contribution in [1.29, 1.82) is 0 Å². The van der Waals surface area contributed by atoms with Gasteiger partial charge in [0.25, 0.3) is 0 Å². The lowest BCUT2D eigenvalue weighted by Gasteiger charge is -2.31. The van der Waals surface area contributed by atoms with Crippen molar-refractivity contribution in [3.05, 3.63) is 29.8 Å². The van der Waals surface area contributed by atoms with Gasteiger partial charge in [0.05, 0.1) is 7.11 Å². The van der Waals surface area contributed by atoms with Crippen LogP contribution in [0.1, 0.15) is 31.7 Å². The van der Waals surface area contributed by atoms with E-state index in [2.05, 4.69) is 0 Å². The van der Waals surface area contributed by atoms with Crippen molar-refractivity contribution in [2.24, 2.45) is 5.92 Å². The van der Waals surface area contributed by atoms with E-state index in [1.165, 1.54) is 6.42 Å². The highest BCUT2D eigenvalue weighted by Gasteiger charge is 2.28. The third-order valence-electron chi connectivity index (χ3n) is 3.68. The number of carbonyl (C=O) groups excluding carboxylic acids is 1. The molecule has 1 aromatic carbocycles. The Hall–Kier alpha value is -1.51. The molecule has 1 aliphatic rings. The van der Waals surface area contributed by atoms with E-state index in [9.17, 15) is 4.79 Å². The monoisotopic (exact) mass is 247 g/mol. The van der Waals surface area contributed by atoms with Crippen LogP contribution in [0.2, 0.25) is 0 Å². The molecule has 1 fully saturated rings. The number of nitrogens with zero attached hydrogens (tertiary/aromatic N) is 1. The molecule has 0 aliphatic heterocycles. The molecule has 18 heavy (non-hydrogen) atoms. The topological polar surface area (TPSA) is 29.5 Å². The molecule has 0 atom stereocenters. The van der Waals surface area contributed by atoms with Crippen LogP contribution in [-0.4, -0.2) is 24.5 Å². The average Bonchev–Trinajstić information content (AvgIpc) is 2.34. The second kappa shape index (κ2) is 5.89. The fraction of sp³-hybridized carbons (Fsp3) is 0.533. The van der Waals surface area contributed by atoms with Gasteiger partial charge in [-0.2, -0.15) is 0 Å². The van der Waals surface area contributed by atoms with E-state index in [4.69, 9.17) is 4.74 Å². The number of carbonyl (C=O) groups is 1. The van der Waals surface area contributed by atoms with E-state index in [-0.39, 0.29) is 5.92 Å². The molecule has 3 nitrogen and oxygen atoms in total. The molecule has 0 spiro atoms. The maximum absolute atomic E-state index is 12.2. The summed E-state index contributed by atoms with van der Waals surface area (Å²) in [6.45, 7) is 3.53. The zero-order valence-electron chi connectivity index (χ0n) is 11.2. The van der Waals surface area contributed by atoms with Gasteiger partial charge in [-0.3, -0.25) is 4.79 Å². The lowest BCUT2D eigenvalue weighted by atomic mass is 9.84. The summed E-state index contributed by atoms with van der Waals surface area (Å²) in [5.74, 6) is 1.45. The Morgan fingerprint density at radius 3 is 2.44 bits per heavy atom. The molecule has 1 amide bonds. The Morgan fingerprint density at radius 2 is 2.00 bits per heavy atom. The fourth-order valence-electron chi connectivity index (χ4n) is 2.21. The highest BCUT2D eigenvalue weighted by Crippen LogP contribution is 2.28. The van der Waals surface area contributed by atoms with Gasteiger partial charge in [0.1, 0.15) is 5.75 Å². The lowest BCUT2D eigenvalue weighted by molar-refractivity contribution is -0.138. The van der Waals surface area contributed by atoms with Crippen LogP contribution in [0.3, 0.4) is 0 Å². The molecular formula is C15H21NO2. The summed E-state index contributed by atoms with van der Waals surface area (Å²) >= 11 is 0. The van der Waals surface area contributed by atoms with Crippen LogP contribution < -0.4 is 4.74 Å². The van der Waals surface area contributed by atoms with Gasteiger partial charge in [0, 0.05) is 19.0 Å². The maximum Gasteiger partial charge on any atom is 0.225 e. The molecule has 0 radical (unpaired) electrons. The van der Waals surface area contributed by atoms with Crippen LogP contribution in [0.4, 0.5) is 0 Å². The van der Waals surface area contributed by atoms with Crippen LogP contribution in [0, 0.1) is 5.92 Å². The normalized spacial score (nSPS) is 15.0. The summed E-state index contributed by atoms with van der Waals surface area (Å²) < 4.78 is 5.13. The SMILES string of the molecule is CCN(Cc1ccc(OC)cc1)C(=O)C1CCC1. The van der Waals surface area contributed by atoms with E-state index in [1.807, 2.05) is 36.1 Å². The van der Waals surface area contributed by atoms with Gasteiger partial charge in [-0.1, -0.05) is 18.6 Å². The highest BCUT2D eigenvalue weighted by atomic mass is 16.5. The Labute approximate surface area is 109 Å². The molecule has 0 aromatic heterocycles. The van der Waals surface area contributed by atoms with Crippen LogP contribution in [0.15, 0.2) is 24.3 Å². The van der Waals surface area contributed by atoms with Crippen molar-refractivity contribution < 1.29 is 9.53 Å².